The molecule has 0 aromatic heterocycles. The van der Waals surface area contributed by atoms with Crippen molar-refractivity contribution in [2.75, 3.05) is 20.6 Å². The summed E-state index contributed by atoms with van der Waals surface area (Å²) in [5.74, 6) is 0.306. The van der Waals surface area contributed by atoms with Gasteiger partial charge in [-0.25, -0.2) is 0 Å². The van der Waals surface area contributed by atoms with Gasteiger partial charge in [-0.1, -0.05) is 15.9 Å². The molecular weight excluding hydrogens is 268 g/mol. The predicted octanol–water partition coefficient (Wildman–Crippen LogP) is 2.19. The van der Waals surface area contributed by atoms with Crippen LogP contribution < -0.4 is 5.32 Å². The lowest BCUT2D eigenvalue weighted by atomic mass is 10.2. The van der Waals surface area contributed by atoms with Crippen molar-refractivity contribution >= 4 is 15.9 Å². The van der Waals surface area contributed by atoms with Crippen molar-refractivity contribution in [2.24, 2.45) is 0 Å². The molecule has 0 radical (unpaired) electrons. The average molecular weight is 287 g/mol. The van der Waals surface area contributed by atoms with Crippen molar-refractivity contribution in [1.29, 1.82) is 0 Å². The third-order valence-corrected chi connectivity index (χ3v) is 3.44. The lowest BCUT2D eigenvalue weighted by Crippen LogP contribution is -2.35. The SMILES string of the molecule is CC(CNCc1cc(O)ccc1Br)N(C)C. The summed E-state index contributed by atoms with van der Waals surface area (Å²) in [6, 6.07) is 5.81. The van der Waals surface area contributed by atoms with Crippen LogP contribution in [0.4, 0.5) is 0 Å². The minimum atomic E-state index is 0.306. The predicted molar refractivity (Wildman–Crippen MR) is 70.7 cm³/mol. The van der Waals surface area contributed by atoms with Gasteiger partial charge in [0.25, 0.3) is 0 Å². The van der Waals surface area contributed by atoms with Crippen LogP contribution in [0.2, 0.25) is 0 Å². The molecule has 0 aliphatic carbocycles. The highest BCUT2D eigenvalue weighted by Crippen LogP contribution is 2.21. The van der Waals surface area contributed by atoms with Crippen LogP contribution in [0, 0.1) is 0 Å². The first-order chi connectivity index (χ1) is 7.50. The van der Waals surface area contributed by atoms with Gasteiger partial charge in [0.15, 0.2) is 0 Å². The molecule has 90 valence electrons. The molecule has 0 aliphatic rings. The first-order valence-electron chi connectivity index (χ1n) is 5.35. The van der Waals surface area contributed by atoms with E-state index >= 15 is 0 Å². The third kappa shape index (κ3) is 4.12. The standard InChI is InChI=1S/C12H19BrN2O/c1-9(15(2)3)7-14-8-10-6-11(16)4-5-12(10)13/h4-6,9,14,16H,7-8H2,1-3H3. The summed E-state index contributed by atoms with van der Waals surface area (Å²) in [7, 11) is 4.13. The number of benzene rings is 1. The van der Waals surface area contributed by atoms with Crippen LogP contribution in [0.5, 0.6) is 5.75 Å². The molecule has 1 atom stereocenters. The molecule has 1 rings (SSSR count). The van der Waals surface area contributed by atoms with Crippen LogP contribution in [0.3, 0.4) is 0 Å². The zero-order chi connectivity index (χ0) is 12.1. The van der Waals surface area contributed by atoms with E-state index in [1.54, 1.807) is 12.1 Å². The Kier molecular flexibility index (Phi) is 5.25. The number of hydrogen-bond donors (Lipinski definition) is 2. The van der Waals surface area contributed by atoms with E-state index in [-0.39, 0.29) is 0 Å². The lowest BCUT2D eigenvalue weighted by Gasteiger charge is -2.20. The van der Waals surface area contributed by atoms with E-state index in [0.717, 1.165) is 23.1 Å². The van der Waals surface area contributed by atoms with Gasteiger partial charge in [-0.05, 0) is 44.8 Å². The molecule has 0 fully saturated rings. The summed E-state index contributed by atoms with van der Waals surface area (Å²) in [6.07, 6.45) is 0. The summed E-state index contributed by atoms with van der Waals surface area (Å²) in [4.78, 5) is 2.17. The van der Waals surface area contributed by atoms with Crippen molar-refractivity contribution < 1.29 is 5.11 Å². The number of likely N-dealkylation sites (N-methyl/N-ethyl adjacent to an activating group) is 1. The van der Waals surface area contributed by atoms with Crippen LogP contribution in [0.1, 0.15) is 12.5 Å². The molecule has 4 heteroatoms. The maximum Gasteiger partial charge on any atom is 0.115 e. The highest BCUT2D eigenvalue weighted by Gasteiger charge is 2.05. The minimum absolute atomic E-state index is 0.306. The smallest absolute Gasteiger partial charge is 0.115 e. The zero-order valence-corrected chi connectivity index (χ0v) is 11.6. The Balaban J connectivity index is 2.45. The molecule has 0 saturated heterocycles. The van der Waals surface area contributed by atoms with Crippen molar-refractivity contribution in [3.05, 3.63) is 28.2 Å². The summed E-state index contributed by atoms with van der Waals surface area (Å²) in [5.41, 5.74) is 1.07. The molecule has 2 N–H and O–H groups in total. The molecule has 1 aromatic rings. The fourth-order valence-corrected chi connectivity index (χ4v) is 1.68. The molecule has 0 amide bonds. The number of rotatable bonds is 5. The average Bonchev–Trinajstić information content (AvgIpc) is 2.22. The number of phenolic OH excluding ortho intramolecular Hbond substituents is 1. The molecule has 0 bridgehead atoms. The molecular formula is C12H19BrN2O. The summed E-state index contributed by atoms with van der Waals surface area (Å²) < 4.78 is 1.02. The highest BCUT2D eigenvalue weighted by molar-refractivity contribution is 9.10. The Morgan fingerprint density at radius 3 is 2.75 bits per heavy atom. The van der Waals surface area contributed by atoms with E-state index in [1.165, 1.54) is 0 Å². The number of aromatic hydroxyl groups is 1. The van der Waals surface area contributed by atoms with Crippen molar-refractivity contribution in [3.8, 4) is 5.75 Å². The van der Waals surface area contributed by atoms with E-state index in [4.69, 9.17) is 0 Å². The van der Waals surface area contributed by atoms with Crippen LogP contribution in [0.25, 0.3) is 0 Å². The van der Waals surface area contributed by atoms with Crippen LogP contribution in [-0.4, -0.2) is 36.7 Å². The van der Waals surface area contributed by atoms with E-state index < -0.39 is 0 Å². The van der Waals surface area contributed by atoms with Gasteiger partial charge >= 0.3 is 0 Å². The number of halogens is 1. The summed E-state index contributed by atoms with van der Waals surface area (Å²) in [6.45, 7) is 3.85. The van der Waals surface area contributed by atoms with Gasteiger partial charge in [0.05, 0.1) is 0 Å². The van der Waals surface area contributed by atoms with Gasteiger partial charge in [0.1, 0.15) is 5.75 Å². The Morgan fingerprint density at radius 1 is 1.44 bits per heavy atom. The first-order valence-corrected chi connectivity index (χ1v) is 6.14. The highest BCUT2D eigenvalue weighted by atomic mass is 79.9. The molecule has 3 nitrogen and oxygen atoms in total. The molecule has 1 aromatic carbocycles. The van der Waals surface area contributed by atoms with E-state index in [0.29, 0.717) is 11.8 Å². The van der Waals surface area contributed by atoms with Crippen LogP contribution in [0.15, 0.2) is 22.7 Å². The topological polar surface area (TPSA) is 35.5 Å². The Hall–Kier alpha value is -0.580. The van der Waals surface area contributed by atoms with Gasteiger partial charge in [0, 0.05) is 23.6 Å². The summed E-state index contributed by atoms with van der Waals surface area (Å²) in [5, 5.41) is 12.7. The van der Waals surface area contributed by atoms with Gasteiger partial charge in [0.2, 0.25) is 0 Å². The largest absolute Gasteiger partial charge is 0.508 e. The van der Waals surface area contributed by atoms with Crippen LogP contribution in [-0.2, 0) is 6.54 Å². The fraction of sp³-hybridized carbons (Fsp3) is 0.500. The van der Waals surface area contributed by atoms with Gasteiger partial charge < -0.3 is 15.3 Å². The second-order valence-corrected chi connectivity index (χ2v) is 5.07. The summed E-state index contributed by atoms with van der Waals surface area (Å²) >= 11 is 3.47. The Bertz CT molecular complexity index is 342. The van der Waals surface area contributed by atoms with Crippen LogP contribution >= 0.6 is 15.9 Å². The third-order valence-electron chi connectivity index (χ3n) is 2.67. The maximum absolute atomic E-state index is 9.38. The van der Waals surface area contributed by atoms with E-state index in [9.17, 15) is 5.11 Å². The monoisotopic (exact) mass is 286 g/mol. The molecule has 0 spiro atoms. The number of nitrogens with zero attached hydrogens (tertiary/aromatic N) is 1. The molecule has 0 aliphatic heterocycles. The van der Waals surface area contributed by atoms with Gasteiger partial charge in [-0.3, -0.25) is 0 Å². The molecule has 1 unspecified atom stereocenters. The van der Waals surface area contributed by atoms with Gasteiger partial charge in [-0.2, -0.15) is 0 Å². The lowest BCUT2D eigenvalue weighted by molar-refractivity contribution is 0.302. The number of hydrogen-bond acceptors (Lipinski definition) is 3. The zero-order valence-electron chi connectivity index (χ0n) is 10.00. The molecule has 0 saturated carbocycles. The quantitative estimate of drug-likeness (QED) is 0.871. The minimum Gasteiger partial charge on any atom is -0.508 e. The van der Waals surface area contributed by atoms with E-state index in [2.05, 4.69) is 47.2 Å². The fourth-order valence-electron chi connectivity index (χ4n) is 1.29. The van der Waals surface area contributed by atoms with Crippen molar-refractivity contribution in [3.63, 3.8) is 0 Å². The maximum atomic E-state index is 9.38. The Morgan fingerprint density at radius 2 is 2.12 bits per heavy atom. The second kappa shape index (κ2) is 6.23. The molecule has 16 heavy (non-hydrogen) atoms. The Labute approximate surface area is 106 Å². The van der Waals surface area contributed by atoms with Crippen molar-refractivity contribution in [1.82, 2.24) is 10.2 Å². The first kappa shape index (κ1) is 13.5. The second-order valence-electron chi connectivity index (χ2n) is 4.22. The number of nitrogens with one attached hydrogen (secondary N) is 1. The van der Waals surface area contributed by atoms with Gasteiger partial charge in [-0.15, -0.1) is 0 Å². The number of phenols is 1. The normalized spacial score (nSPS) is 13.1. The van der Waals surface area contributed by atoms with Crippen molar-refractivity contribution in [2.45, 2.75) is 19.5 Å². The van der Waals surface area contributed by atoms with E-state index in [1.807, 2.05) is 6.07 Å². The molecule has 0 heterocycles.